The summed E-state index contributed by atoms with van der Waals surface area (Å²) in [5.74, 6) is 1.27. The quantitative estimate of drug-likeness (QED) is 0.860. The summed E-state index contributed by atoms with van der Waals surface area (Å²) in [6.07, 6.45) is 3.54. The van der Waals surface area contributed by atoms with Gasteiger partial charge in [0.2, 0.25) is 5.88 Å². The number of hydrogen-bond donors (Lipinski definition) is 1. The lowest BCUT2D eigenvalue weighted by molar-refractivity contribution is 0.0530. The lowest BCUT2D eigenvalue weighted by atomic mass is 9.71. The molecule has 0 saturated heterocycles. The minimum atomic E-state index is 0.186. The van der Waals surface area contributed by atoms with Crippen molar-refractivity contribution in [3.8, 4) is 5.88 Å². The van der Waals surface area contributed by atoms with Crippen LogP contribution in [0, 0.1) is 25.2 Å². The Bertz CT molecular complexity index is 554. The smallest absolute Gasteiger partial charge is 0.224 e. The summed E-state index contributed by atoms with van der Waals surface area (Å²) in [7, 11) is 0. The topological polar surface area (TPSA) is 48.1 Å². The predicted molar refractivity (Wildman–Crippen MR) is 90.8 cm³/mol. The Labute approximate surface area is 133 Å². The van der Waals surface area contributed by atoms with Crippen LogP contribution in [0.4, 0.5) is 0 Å². The van der Waals surface area contributed by atoms with Gasteiger partial charge in [-0.3, -0.25) is 0 Å². The Morgan fingerprint density at radius 2 is 2.05 bits per heavy atom. The van der Waals surface area contributed by atoms with Gasteiger partial charge in [-0.25, -0.2) is 4.98 Å². The molecule has 21 heavy (non-hydrogen) atoms. The summed E-state index contributed by atoms with van der Waals surface area (Å²) in [6.45, 7) is 10.9. The van der Waals surface area contributed by atoms with Gasteiger partial charge in [0.1, 0.15) is 11.1 Å². The Kier molecular flexibility index (Phi) is 4.57. The van der Waals surface area contributed by atoms with Gasteiger partial charge in [-0.2, -0.15) is 0 Å². The zero-order valence-corrected chi connectivity index (χ0v) is 14.5. The van der Waals surface area contributed by atoms with E-state index in [0.29, 0.717) is 22.2 Å². The molecule has 116 valence electrons. The van der Waals surface area contributed by atoms with Crippen molar-refractivity contribution in [2.75, 3.05) is 0 Å². The van der Waals surface area contributed by atoms with Crippen LogP contribution in [-0.4, -0.2) is 16.1 Å². The van der Waals surface area contributed by atoms with E-state index in [1.54, 1.807) is 0 Å². The average Bonchev–Trinajstić information content (AvgIpc) is 2.23. The van der Waals surface area contributed by atoms with Crippen LogP contribution in [0.2, 0.25) is 0 Å². The van der Waals surface area contributed by atoms with Gasteiger partial charge in [0.05, 0.1) is 5.56 Å². The Balaban J connectivity index is 2.29. The molecular weight excluding hydrogens is 280 g/mol. The van der Waals surface area contributed by atoms with E-state index in [1.807, 2.05) is 19.9 Å². The van der Waals surface area contributed by atoms with Crippen LogP contribution in [0.1, 0.15) is 56.9 Å². The highest BCUT2D eigenvalue weighted by Gasteiger charge is 2.33. The average molecular weight is 306 g/mol. The minimum absolute atomic E-state index is 0.186. The van der Waals surface area contributed by atoms with E-state index in [9.17, 15) is 0 Å². The molecule has 2 atom stereocenters. The molecule has 2 N–H and O–H groups in total. The van der Waals surface area contributed by atoms with Crippen LogP contribution in [0.5, 0.6) is 5.88 Å². The molecule has 0 bridgehead atoms. The molecule has 0 radical (unpaired) electrons. The summed E-state index contributed by atoms with van der Waals surface area (Å²) < 4.78 is 6.24. The van der Waals surface area contributed by atoms with Crippen LogP contribution >= 0.6 is 12.2 Å². The number of nitrogens with two attached hydrogens (primary N) is 1. The standard InChI is InChI=1S/C17H26N2OS/c1-10-6-13(9-17(4,5)8-10)20-16-14(15(18)21)11(2)7-12(3)19-16/h7,10,13H,6,8-9H2,1-5H3,(H2,18,21). The van der Waals surface area contributed by atoms with E-state index in [1.165, 1.54) is 6.42 Å². The summed E-state index contributed by atoms with van der Waals surface area (Å²) in [5.41, 5.74) is 8.93. The highest BCUT2D eigenvalue weighted by Crippen LogP contribution is 2.40. The third-order valence-corrected chi connectivity index (χ3v) is 4.39. The number of rotatable bonds is 3. The number of thiocarbonyl (C=S) groups is 1. The second-order valence-electron chi connectivity index (χ2n) is 7.28. The van der Waals surface area contributed by atoms with Crippen LogP contribution in [0.15, 0.2) is 6.07 Å². The van der Waals surface area contributed by atoms with Crippen LogP contribution < -0.4 is 10.5 Å². The molecule has 1 aromatic rings. The number of pyridine rings is 1. The van der Waals surface area contributed by atoms with Gasteiger partial charge in [-0.05, 0) is 56.1 Å². The second-order valence-corrected chi connectivity index (χ2v) is 7.72. The Morgan fingerprint density at radius 1 is 1.38 bits per heavy atom. The molecule has 1 fully saturated rings. The number of ether oxygens (including phenoxy) is 1. The molecule has 4 heteroatoms. The second kappa shape index (κ2) is 5.91. The first-order valence-electron chi connectivity index (χ1n) is 7.62. The maximum Gasteiger partial charge on any atom is 0.224 e. The molecule has 2 rings (SSSR count). The fraction of sp³-hybridized carbons (Fsp3) is 0.647. The van der Waals surface area contributed by atoms with Crippen molar-refractivity contribution in [2.24, 2.45) is 17.1 Å². The monoisotopic (exact) mass is 306 g/mol. The lowest BCUT2D eigenvalue weighted by Crippen LogP contribution is -2.35. The fourth-order valence-electron chi connectivity index (χ4n) is 3.69. The van der Waals surface area contributed by atoms with Gasteiger partial charge in [-0.15, -0.1) is 0 Å². The van der Waals surface area contributed by atoms with Gasteiger partial charge < -0.3 is 10.5 Å². The van der Waals surface area contributed by atoms with Gasteiger partial charge in [0.25, 0.3) is 0 Å². The van der Waals surface area contributed by atoms with Crippen molar-refractivity contribution in [1.82, 2.24) is 4.98 Å². The highest BCUT2D eigenvalue weighted by atomic mass is 32.1. The molecule has 1 aliphatic rings. The maximum atomic E-state index is 6.24. The molecule has 0 aliphatic heterocycles. The van der Waals surface area contributed by atoms with Gasteiger partial charge in [-0.1, -0.05) is 33.0 Å². The zero-order chi connectivity index (χ0) is 15.8. The van der Waals surface area contributed by atoms with Crippen molar-refractivity contribution in [2.45, 2.75) is 60.0 Å². The molecule has 1 saturated carbocycles. The lowest BCUT2D eigenvalue weighted by Gasteiger charge is -2.38. The maximum absolute atomic E-state index is 6.24. The summed E-state index contributed by atoms with van der Waals surface area (Å²) in [5, 5.41) is 0. The number of nitrogens with zero attached hydrogens (tertiary/aromatic N) is 1. The molecule has 1 heterocycles. The van der Waals surface area contributed by atoms with Crippen molar-refractivity contribution >= 4 is 17.2 Å². The Morgan fingerprint density at radius 3 is 2.62 bits per heavy atom. The molecule has 0 aromatic carbocycles. The number of hydrogen-bond acceptors (Lipinski definition) is 3. The van der Waals surface area contributed by atoms with E-state index in [4.69, 9.17) is 22.7 Å². The SMILES string of the molecule is Cc1cc(C)c(C(N)=S)c(OC2CC(C)CC(C)(C)C2)n1. The molecule has 3 nitrogen and oxygen atoms in total. The third-order valence-electron chi connectivity index (χ3n) is 4.18. The number of aryl methyl sites for hydroxylation is 2. The van der Waals surface area contributed by atoms with Crippen LogP contribution in [-0.2, 0) is 0 Å². The first-order valence-corrected chi connectivity index (χ1v) is 8.03. The molecule has 2 unspecified atom stereocenters. The van der Waals surface area contributed by atoms with Crippen molar-refractivity contribution in [1.29, 1.82) is 0 Å². The van der Waals surface area contributed by atoms with Gasteiger partial charge >= 0.3 is 0 Å². The highest BCUT2D eigenvalue weighted by molar-refractivity contribution is 7.80. The predicted octanol–water partition coefficient (Wildman–Crippen LogP) is 3.93. The Hall–Kier alpha value is -1.16. The largest absolute Gasteiger partial charge is 0.474 e. The van der Waals surface area contributed by atoms with Gasteiger partial charge in [0.15, 0.2) is 0 Å². The zero-order valence-electron chi connectivity index (χ0n) is 13.7. The van der Waals surface area contributed by atoms with Crippen LogP contribution in [0.25, 0.3) is 0 Å². The van der Waals surface area contributed by atoms with Crippen molar-refractivity contribution < 1.29 is 4.74 Å². The minimum Gasteiger partial charge on any atom is -0.474 e. The molecular formula is C17H26N2OS. The van der Waals surface area contributed by atoms with E-state index in [2.05, 4.69) is 25.8 Å². The van der Waals surface area contributed by atoms with E-state index in [-0.39, 0.29) is 6.10 Å². The van der Waals surface area contributed by atoms with Gasteiger partial charge in [0, 0.05) is 5.69 Å². The first kappa shape index (κ1) is 16.2. The van der Waals surface area contributed by atoms with E-state index >= 15 is 0 Å². The van der Waals surface area contributed by atoms with E-state index in [0.717, 1.165) is 29.7 Å². The van der Waals surface area contributed by atoms with Crippen LogP contribution in [0.3, 0.4) is 0 Å². The molecule has 1 aromatic heterocycles. The fourth-order valence-corrected chi connectivity index (χ4v) is 3.94. The number of aromatic nitrogens is 1. The summed E-state index contributed by atoms with van der Waals surface area (Å²) in [6, 6.07) is 1.99. The van der Waals surface area contributed by atoms with E-state index < -0.39 is 0 Å². The van der Waals surface area contributed by atoms with Crippen molar-refractivity contribution in [3.05, 3.63) is 22.9 Å². The molecule has 0 amide bonds. The first-order chi connectivity index (χ1) is 9.68. The van der Waals surface area contributed by atoms with Crippen molar-refractivity contribution in [3.63, 3.8) is 0 Å². The summed E-state index contributed by atoms with van der Waals surface area (Å²) >= 11 is 5.17. The molecule has 1 aliphatic carbocycles. The third kappa shape index (κ3) is 3.94. The summed E-state index contributed by atoms with van der Waals surface area (Å²) in [4.78, 5) is 4.89. The normalized spacial score (nSPS) is 24.6. The molecule has 0 spiro atoms.